The number of aromatic hydroxyl groups is 1. The predicted octanol–water partition coefficient (Wildman–Crippen LogP) is 4.56. The van der Waals surface area contributed by atoms with E-state index in [1.54, 1.807) is 6.07 Å². The molecule has 0 saturated heterocycles. The number of aromatic nitrogens is 3. The van der Waals surface area contributed by atoms with Crippen LogP contribution in [0.5, 0.6) is 5.75 Å². The van der Waals surface area contributed by atoms with E-state index in [-0.39, 0.29) is 10.8 Å². The minimum Gasteiger partial charge on any atom is -0.506 e. The molecule has 3 rings (SSSR count). The molecule has 0 fully saturated rings. The number of phenols is 1. The van der Waals surface area contributed by atoms with Crippen LogP contribution in [-0.4, -0.2) is 26.2 Å². The Bertz CT molecular complexity index is 947. The van der Waals surface area contributed by atoms with Gasteiger partial charge >= 0.3 is 0 Å². The fourth-order valence-electron chi connectivity index (χ4n) is 2.94. The summed E-state index contributed by atoms with van der Waals surface area (Å²) < 4.78 is 1.81. The quantitative estimate of drug-likeness (QED) is 0.679. The molecule has 3 aromatic rings. The fourth-order valence-corrected chi connectivity index (χ4v) is 3.45. The number of halogens is 2. The van der Waals surface area contributed by atoms with Crippen molar-refractivity contribution in [1.29, 1.82) is 0 Å². The maximum Gasteiger partial charge on any atom is 0.143 e. The first kappa shape index (κ1) is 16.7. The summed E-state index contributed by atoms with van der Waals surface area (Å²) in [5.41, 5.74) is 4.09. The van der Waals surface area contributed by atoms with E-state index in [4.69, 9.17) is 23.2 Å². The first-order valence-corrected chi connectivity index (χ1v) is 8.10. The number of phenolic OH excluding ortho intramolecular Hbond substituents is 1. The zero-order valence-electron chi connectivity index (χ0n) is 13.7. The minimum absolute atomic E-state index is 0.0486. The van der Waals surface area contributed by atoms with E-state index < -0.39 is 0 Å². The molecule has 0 bridgehead atoms. The number of hydrogen-bond donors (Lipinski definition) is 1. The van der Waals surface area contributed by atoms with Crippen LogP contribution in [0.1, 0.15) is 28.3 Å². The molecule has 0 radical (unpaired) electrons. The first-order chi connectivity index (χ1) is 11.3. The van der Waals surface area contributed by atoms with Crippen LogP contribution in [0.3, 0.4) is 0 Å². The van der Waals surface area contributed by atoms with Gasteiger partial charge in [0.25, 0.3) is 0 Å². The van der Waals surface area contributed by atoms with E-state index in [0.717, 1.165) is 33.5 Å². The second kappa shape index (κ2) is 6.07. The van der Waals surface area contributed by atoms with Crippen molar-refractivity contribution in [3.8, 4) is 5.75 Å². The van der Waals surface area contributed by atoms with Crippen molar-refractivity contribution in [2.75, 3.05) is 0 Å². The molecule has 0 spiro atoms. The third-order valence-corrected chi connectivity index (χ3v) is 4.56. The van der Waals surface area contributed by atoms with Crippen molar-refractivity contribution in [3.63, 3.8) is 0 Å². The second-order valence-corrected chi connectivity index (χ2v) is 6.52. The first-order valence-electron chi connectivity index (χ1n) is 7.35. The summed E-state index contributed by atoms with van der Waals surface area (Å²) in [5.74, 6) is -0.0486. The zero-order valence-corrected chi connectivity index (χ0v) is 15.2. The van der Waals surface area contributed by atoms with E-state index in [9.17, 15) is 5.11 Å². The average molecular weight is 363 g/mol. The lowest BCUT2D eigenvalue weighted by atomic mass is 10.1. The summed E-state index contributed by atoms with van der Waals surface area (Å²) >= 11 is 11.9. The Morgan fingerprint density at radius 3 is 2.08 bits per heavy atom. The lowest BCUT2D eigenvalue weighted by molar-refractivity contribution is 0.474. The van der Waals surface area contributed by atoms with E-state index >= 15 is 0 Å². The van der Waals surface area contributed by atoms with Gasteiger partial charge in [-0.3, -0.25) is 0 Å². The largest absolute Gasteiger partial charge is 0.506 e. The Labute approximate surface area is 149 Å². The Kier molecular flexibility index (Phi) is 4.24. The van der Waals surface area contributed by atoms with Crippen LogP contribution in [-0.2, 0) is 0 Å². The normalized spacial score (nSPS) is 11.8. The molecule has 0 aliphatic carbocycles. The van der Waals surface area contributed by atoms with Crippen molar-refractivity contribution in [1.82, 2.24) is 14.9 Å². The van der Waals surface area contributed by atoms with Gasteiger partial charge in [0.15, 0.2) is 0 Å². The number of nitrogens with zero attached hydrogens (tertiary/aromatic N) is 4. The molecule has 0 aliphatic heterocycles. The van der Waals surface area contributed by atoms with Gasteiger partial charge in [-0.05, 0) is 39.8 Å². The molecule has 2 heterocycles. The summed E-state index contributed by atoms with van der Waals surface area (Å²) in [6, 6.07) is 3.10. The molecule has 0 amide bonds. The monoisotopic (exact) mass is 362 g/mol. The van der Waals surface area contributed by atoms with Crippen LogP contribution >= 0.6 is 23.2 Å². The molecule has 7 heteroatoms. The average Bonchev–Trinajstić information content (AvgIpc) is 2.78. The predicted molar refractivity (Wildman–Crippen MR) is 97.6 cm³/mol. The van der Waals surface area contributed by atoms with Crippen molar-refractivity contribution < 1.29 is 5.11 Å². The Morgan fingerprint density at radius 2 is 1.54 bits per heavy atom. The minimum atomic E-state index is -0.0486. The van der Waals surface area contributed by atoms with Crippen LogP contribution in [0.25, 0.3) is 10.8 Å². The summed E-state index contributed by atoms with van der Waals surface area (Å²) in [6.45, 7) is 7.81. The molecular weight excluding hydrogens is 347 g/mol. The number of fused-ring (bicyclic) bond motifs is 1. The van der Waals surface area contributed by atoms with Gasteiger partial charge in [-0.15, -0.1) is 0 Å². The molecule has 0 aliphatic rings. The molecule has 0 saturated carbocycles. The number of hydrogen-bond acceptors (Lipinski definition) is 4. The number of benzene rings is 1. The number of aryl methyl sites for hydroxylation is 4. The molecule has 5 nitrogen and oxygen atoms in total. The topological polar surface area (TPSA) is 63.3 Å². The van der Waals surface area contributed by atoms with Crippen molar-refractivity contribution in [3.05, 3.63) is 50.5 Å². The standard InChI is InChI=1S/C17H16Cl2N4O/c1-8-15-10(3)23(11(4)16(15)9(2)22-21-8)20-7-12-5-13(18)6-14(19)17(12)24/h5-7,24H,1-4H3/b20-7+. The summed E-state index contributed by atoms with van der Waals surface area (Å²) in [5, 5.41) is 25.6. The van der Waals surface area contributed by atoms with Crippen LogP contribution in [0.2, 0.25) is 10.0 Å². The lowest BCUT2D eigenvalue weighted by Crippen LogP contribution is -1.96. The highest BCUT2D eigenvalue weighted by Gasteiger charge is 2.16. The van der Waals surface area contributed by atoms with Crippen LogP contribution in [0.4, 0.5) is 0 Å². The maximum atomic E-state index is 10.1. The van der Waals surface area contributed by atoms with E-state index in [2.05, 4.69) is 15.3 Å². The molecule has 1 N–H and O–H groups in total. The molecule has 1 aromatic carbocycles. The van der Waals surface area contributed by atoms with Gasteiger partial charge < -0.3 is 5.11 Å². The fraction of sp³-hybridized carbons (Fsp3) is 0.235. The molecule has 24 heavy (non-hydrogen) atoms. The van der Waals surface area contributed by atoms with Crippen LogP contribution < -0.4 is 0 Å². The summed E-state index contributed by atoms with van der Waals surface area (Å²) in [7, 11) is 0. The van der Waals surface area contributed by atoms with Gasteiger partial charge in [0.05, 0.1) is 22.6 Å². The van der Waals surface area contributed by atoms with Gasteiger partial charge in [-0.25, -0.2) is 4.68 Å². The van der Waals surface area contributed by atoms with Gasteiger partial charge in [0.1, 0.15) is 5.75 Å². The van der Waals surface area contributed by atoms with Gasteiger partial charge in [-0.1, -0.05) is 23.2 Å². The smallest absolute Gasteiger partial charge is 0.143 e. The molecular formula is C17H16Cl2N4O. The molecule has 2 aromatic heterocycles. The van der Waals surface area contributed by atoms with Crippen LogP contribution in [0, 0.1) is 27.7 Å². The maximum absolute atomic E-state index is 10.1. The Morgan fingerprint density at radius 1 is 1.00 bits per heavy atom. The summed E-state index contributed by atoms with van der Waals surface area (Å²) in [4.78, 5) is 0. The Balaban J connectivity index is 2.18. The zero-order chi connectivity index (χ0) is 17.6. The van der Waals surface area contributed by atoms with Crippen molar-refractivity contribution >= 4 is 40.2 Å². The third-order valence-electron chi connectivity index (χ3n) is 4.05. The molecule has 0 atom stereocenters. The van der Waals surface area contributed by atoms with Crippen molar-refractivity contribution in [2.45, 2.75) is 27.7 Å². The highest BCUT2D eigenvalue weighted by molar-refractivity contribution is 6.36. The highest BCUT2D eigenvalue weighted by atomic mass is 35.5. The van der Waals surface area contributed by atoms with Gasteiger partial charge in [-0.2, -0.15) is 15.3 Å². The van der Waals surface area contributed by atoms with E-state index in [1.807, 2.05) is 32.4 Å². The molecule has 0 unspecified atom stereocenters. The van der Waals surface area contributed by atoms with E-state index in [0.29, 0.717) is 10.6 Å². The second-order valence-electron chi connectivity index (χ2n) is 5.67. The van der Waals surface area contributed by atoms with Crippen molar-refractivity contribution in [2.24, 2.45) is 5.10 Å². The van der Waals surface area contributed by atoms with E-state index in [1.165, 1.54) is 12.3 Å². The van der Waals surface area contributed by atoms with Crippen LogP contribution in [0.15, 0.2) is 17.2 Å². The third kappa shape index (κ3) is 2.64. The summed E-state index contributed by atoms with van der Waals surface area (Å²) in [6.07, 6.45) is 1.54. The van der Waals surface area contributed by atoms with Gasteiger partial charge in [0, 0.05) is 32.7 Å². The Hall–Kier alpha value is -2.11. The number of rotatable bonds is 2. The van der Waals surface area contributed by atoms with Gasteiger partial charge in [0.2, 0.25) is 0 Å². The lowest BCUT2D eigenvalue weighted by Gasteiger charge is -2.04. The molecule has 124 valence electrons. The SMILES string of the molecule is Cc1nnc(C)c2c(C)n(/N=C/c3cc(Cl)cc(Cl)c3O)c(C)c12. The highest BCUT2D eigenvalue weighted by Crippen LogP contribution is 2.31.